The van der Waals surface area contributed by atoms with E-state index in [1.54, 1.807) is 7.11 Å². The van der Waals surface area contributed by atoms with E-state index in [0.717, 1.165) is 39.0 Å². The number of carbonyl (C=O) groups excluding carboxylic acids is 1. The molecule has 1 aliphatic rings. The van der Waals surface area contributed by atoms with E-state index in [1.807, 2.05) is 0 Å². The minimum absolute atomic E-state index is 0.0266. The lowest BCUT2D eigenvalue weighted by Crippen LogP contribution is -2.18. The van der Waals surface area contributed by atoms with Crippen LogP contribution in [0.3, 0.4) is 0 Å². The second kappa shape index (κ2) is 6.80. The fourth-order valence-electron chi connectivity index (χ4n) is 1.47. The maximum atomic E-state index is 11.4. The molecule has 1 aliphatic heterocycles. The van der Waals surface area contributed by atoms with Gasteiger partial charge >= 0.3 is 5.97 Å². The van der Waals surface area contributed by atoms with Crippen molar-refractivity contribution in [3.8, 4) is 0 Å². The minimum atomic E-state index is -0.0548. The second-order valence-electron chi connectivity index (χ2n) is 3.88. The maximum absolute atomic E-state index is 11.4. The molecule has 4 nitrogen and oxygen atoms in total. The van der Waals surface area contributed by atoms with Crippen LogP contribution >= 0.6 is 0 Å². The Bertz CT molecular complexity index is 196. The molecule has 1 heterocycles. The van der Waals surface area contributed by atoms with Crippen LogP contribution in [0, 0.1) is 0 Å². The molecule has 0 amide bonds. The number of esters is 1. The van der Waals surface area contributed by atoms with Crippen molar-refractivity contribution in [2.75, 3.05) is 33.4 Å². The van der Waals surface area contributed by atoms with Crippen LogP contribution in [-0.2, 0) is 14.3 Å². The number of carbonyl (C=O) groups is 1. The summed E-state index contributed by atoms with van der Waals surface area (Å²) in [5.41, 5.74) is 0. The molecule has 1 fully saturated rings. The average molecular weight is 215 g/mol. The van der Waals surface area contributed by atoms with Gasteiger partial charge in [0.1, 0.15) is 6.04 Å². The quantitative estimate of drug-likeness (QED) is 0.344. The van der Waals surface area contributed by atoms with Crippen molar-refractivity contribution in [2.45, 2.75) is 32.2 Å². The van der Waals surface area contributed by atoms with E-state index in [-0.39, 0.29) is 12.0 Å². The van der Waals surface area contributed by atoms with E-state index in [4.69, 9.17) is 9.47 Å². The summed E-state index contributed by atoms with van der Waals surface area (Å²) < 4.78 is 10.1. The van der Waals surface area contributed by atoms with Gasteiger partial charge in [-0.25, -0.2) is 0 Å². The van der Waals surface area contributed by atoms with Crippen molar-refractivity contribution in [1.29, 1.82) is 0 Å². The van der Waals surface area contributed by atoms with Gasteiger partial charge in [-0.1, -0.05) is 13.3 Å². The summed E-state index contributed by atoms with van der Waals surface area (Å²) in [6.07, 6.45) is 3.01. The van der Waals surface area contributed by atoms with Gasteiger partial charge in [-0.05, 0) is 12.8 Å². The highest BCUT2D eigenvalue weighted by atomic mass is 16.5. The second-order valence-corrected chi connectivity index (χ2v) is 3.88. The molecule has 1 unspecified atom stereocenters. The third-order valence-electron chi connectivity index (χ3n) is 2.52. The van der Waals surface area contributed by atoms with E-state index in [9.17, 15) is 4.79 Å². The lowest BCUT2D eigenvalue weighted by atomic mass is 10.4. The standard InChI is InChI=1S/C11H21NO3/c1-3-4-8-15-11(13)10-9-12(10)6-5-7-14-2/h10H,3-9H2,1-2H3/t10-,12?/m1/s1. The topological polar surface area (TPSA) is 38.5 Å². The Labute approximate surface area is 91.5 Å². The van der Waals surface area contributed by atoms with Gasteiger partial charge in [0.05, 0.1) is 6.61 Å². The van der Waals surface area contributed by atoms with Gasteiger partial charge < -0.3 is 9.47 Å². The largest absolute Gasteiger partial charge is 0.464 e. The summed E-state index contributed by atoms with van der Waals surface area (Å²) in [5.74, 6) is -0.0548. The minimum Gasteiger partial charge on any atom is -0.464 e. The number of methoxy groups -OCH3 is 1. The van der Waals surface area contributed by atoms with Gasteiger partial charge in [0.25, 0.3) is 0 Å². The predicted molar refractivity (Wildman–Crippen MR) is 57.7 cm³/mol. The fraction of sp³-hybridized carbons (Fsp3) is 0.909. The van der Waals surface area contributed by atoms with Crippen molar-refractivity contribution >= 4 is 5.97 Å². The highest BCUT2D eigenvalue weighted by Gasteiger charge is 2.40. The zero-order chi connectivity index (χ0) is 11.1. The molecular formula is C11H21NO3. The van der Waals surface area contributed by atoms with Gasteiger partial charge in [0, 0.05) is 26.8 Å². The van der Waals surface area contributed by atoms with Crippen molar-refractivity contribution < 1.29 is 14.3 Å². The molecule has 0 aromatic rings. The van der Waals surface area contributed by atoms with Crippen molar-refractivity contribution in [3.63, 3.8) is 0 Å². The molecular weight excluding hydrogens is 194 g/mol. The number of hydrogen-bond acceptors (Lipinski definition) is 4. The Morgan fingerprint density at radius 3 is 2.87 bits per heavy atom. The molecule has 1 rings (SSSR count). The van der Waals surface area contributed by atoms with Gasteiger partial charge in [-0.2, -0.15) is 0 Å². The molecule has 0 bridgehead atoms. The third kappa shape index (κ3) is 4.62. The fourth-order valence-corrected chi connectivity index (χ4v) is 1.47. The lowest BCUT2D eigenvalue weighted by Gasteiger charge is -2.04. The first-order chi connectivity index (χ1) is 7.29. The van der Waals surface area contributed by atoms with Gasteiger partial charge in [0.15, 0.2) is 0 Å². The van der Waals surface area contributed by atoms with E-state index < -0.39 is 0 Å². The average Bonchev–Trinajstić information content (AvgIpc) is 2.98. The van der Waals surface area contributed by atoms with Crippen molar-refractivity contribution in [3.05, 3.63) is 0 Å². The number of unbranched alkanes of at least 4 members (excludes halogenated alkanes) is 1. The first-order valence-electron chi connectivity index (χ1n) is 5.69. The monoisotopic (exact) mass is 215 g/mol. The Hall–Kier alpha value is -0.610. The number of nitrogens with zero attached hydrogens (tertiary/aromatic N) is 1. The van der Waals surface area contributed by atoms with E-state index in [0.29, 0.717) is 6.61 Å². The summed E-state index contributed by atoms with van der Waals surface area (Å²) in [6.45, 7) is 5.20. The Balaban J connectivity index is 2.01. The molecule has 0 spiro atoms. The molecule has 0 aliphatic carbocycles. The Kier molecular flexibility index (Phi) is 5.65. The van der Waals surface area contributed by atoms with Crippen LogP contribution in [0.2, 0.25) is 0 Å². The van der Waals surface area contributed by atoms with Crippen molar-refractivity contribution in [2.24, 2.45) is 0 Å². The summed E-state index contributed by atoms with van der Waals surface area (Å²) in [4.78, 5) is 13.5. The van der Waals surface area contributed by atoms with Crippen molar-refractivity contribution in [1.82, 2.24) is 4.90 Å². The molecule has 0 radical (unpaired) electrons. The normalized spacial score (nSPS) is 23.9. The third-order valence-corrected chi connectivity index (χ3v) is 2.52. The molecule has 0 N–H and O–H groups in total. The number of ether oxygens (including phenoxy) is 2. The molecule has 0 saturated carbocycles. The van der Waals surface area contributed by atoms with Crippen LogP contribution in [0.1, 0.15) is 26.2 Å². The SMILES string of the molecule is CCCCOC(=O)[C@H]1CN1CCCOC. The van der Waals surface area contributed by atoms with E-state index in [2.05, 4.69) is 11.8 Å². The van der Waals surface area contributed by atoms with E-state index in [1.165, 1.54) is 0 Å². The van der Waals surface area contributed by atoms with Crippen LogP contribution in [0.5, 0.6) is 0 Å². The first kappa shape index (κ1) is 12.5. The summed E-state index contributed by atoms with van der Waals surface area (Å²) in [6, 6.07) is 0.0266. The van der Waals surface area contributed by atoms with Gasteiger partial charge in [-0.15, -0.1) is 0 Å². The highest BCUT2D eigenvalue weighted by Crippen LogP contribution is 2.18. The maximum Gasteiger partial charge on any atom is 0.324 e. The molecule has 15 heavy (non-hydrogen) atoms. The molecule has 2 atom stereocenters. The number of rotatable bonds is 8. The molecule has 0 aromatic carbocycles. The van der Waals surface area contributed by atoms with Crippen LogP contribution in [-0.4, -0.2) is 50.3 Å². The Morgan fingerprint density at radius 1 is 1.40 bits per heavy atom. The zero-order valence-corrected chi connectivity index (χ0v) is 9.70. The van der Waals surface area contributed by atoms with Crippen LogP contribution < -0.4 is 0 Å². The summed E-state index contributed by atoms with van der Waals surface area (Å²) in [5, 5.41) is 0. The number of hydrogen-bond donors (Lipinski definition) is 0. The van der Waals surface area contributed by atoms with Crippen LogP contribution in [0.4, 0.5) is 0 Å². The van der Waals surface area contributed by atoms with Crippen LogP contribution in [0.15, 0.2) is 0 Å². The smallest absolute Gasteiger partial charge is 0.324 e. The molecule has 88 valence electrons. The van der Waals surface area contributed by atoms with Crippen LogP contribution in [0.25, 0.3) is 0 Å². The Morgan fingerprint density at radius 2 is 2.20 bits per heavy atom. The lowest BCUT2D eigenvalue weighted by molar-refractivity contribution is -0.144. The van der Waals surface area contributed by atoms with Gasteiger partial charge in [0.2, 0.25) is 0 Å². The van der Waals surface area contributed by atoms with Gasteiger partial charge in [-0.3, -0.25) is 9.69 Å². The predicted octanol–water partition coefficient (Wildman–Crippen LogP) is 1.05. The molecule has 0 aromatic heterocycles. The zero-order valence-electron chi connectivity index (χ0n) is 9.70. The molecule has 1 saturated heterocycles. The molecule has 4 heteroatoms. The highest BCUT2D eigenvalue weighted by molar-refractivity contribution is 5.79. The van der Waals surface area contributed by atoms with E-state index >= 15 is 0 Å². The summed E-state index contributed by atoms with van der Waals surface area (Å²) >= 11 is 0. The first-order valence-corrected chi connectivity index (χ1v) is 5.69. The summed E-state index contributed by atoms with van der Waals surface area (Å²) in [7, 11) is 1.69.